The van der Waals surface area contributed by atoms with Gasteiger partial charge in [0, 0.05) is 31.3 Å². The topological polar surface area (TPSA) is 51.2 Å². The summed E-state index contributed by atoms with van der Waals surface area (Å²) in [5, 5.41) is 10.0. The summed E-state index contributed by atoms with van der Waals surface area (Å²) in [6.07, 6.45) is 1.31. The van der Waals surface area contributed by atoms with E-state index in [0.29, 0.717) is 24.1 Å². The molecule has 5 nitrogen and oxygen atoms in total. The van der Waals surface area contributed by atoms with Crippen molar-refractivity contribution < 1.29 is 19.3 Å². The van der Waals surface area contributed by atoms with Gasteiger partial charge in [-0.05, 0) is 12.5 Å². The van der Waals surface area contributed by atoms with E-state index in [1.165, 1.54) is 0 Å². The van der Waals surface area contributed by atoms with Crippen molar-refractivity contribution in [3.63, 3.8) is 0 Å². The van der Waals surface area contributed by atoms with Crippen molar-refractivity contribution in [3.8, 4) is 17.2 Å². The fourth-order valence-electron chi connectivity index (χ4n) is 2.51. The highest BCUT2D eigenvalue weighted by Crippen LogP contribution is 2.38. The van der Waals surface area contributed by atoms with Gasteiger partial charge in [0.15, 0.2) is 11.5 Å². The first kappa shape index (κ1) is 12.6. The molecule has 0 bridgehead atoms. The van der Waals surface area contributed by atoms with Crippen LogP contribution in [-0.4, -0.2) is 42.6 Å². The Kier molecular flexibility index (Phi) is 3.48. The molecule has 5 heteroatoms. The van der Waals surface area contributed by atoms with Gasteiger partial charge in [-0.1, -0.05) is 6.92 Å². The Morgan fingerprint density at radius 1 is 1.32 bits per heavy atom. The van der Waals surface area contributed by atoms with Crippen LogP contribution in [0.5, 0.6) is 17.2 Å². The fourth-order valence-corrected chi connectivity index (χ4v) is 2.51. The number of hydrogen-bond donors (Lipinski definition) is 1. The maximum absolute atomic E-state index is 10.0. The van der Waals surface area contributed by atoms with E-state index in [9.17, 15) is 5.11 Å². The number of morpholine rings is 1. The molecule has 0 aliphatic carbocycles. The van der Waals surface area contributed by atoms with E-state index in [1.807, 2.05) is 6.07 Å². The predicted molar refractivity (Wildman–Crippen MR) is 69.5 cm³/mol. The van der Waals surface area contributed by atoms with Gasteiger partial charge in [0.2, 0.25) is 6.79 Å². The largest absolute Gasteiger partial charge is 0.507 e. The van der Waals surface area contributed by atoms with E-state index in [4.69, 9.17) is 14.2 Å². The molecule has 1 unspecified atom stereocenters. The average Bonchev–Trinajstić information content (AvgIpc) is 2.86. The molecule has 2 aliphatic heterocycles. The zero-order valence-corrected chi connectivity index (χ0v) is 11.1. The third-order valence-electron chi connectivity index (χ3n) is 3.65. The van der Waals surface area contributed by atoms with Crippen molar-refractivity contribution in [2.75, 3.05) is 26.5 Å². The first-order chi connectivity index (χ1) is 9.26. The Morgan fingerprint density at radius 3 is 2.89 bits per heavy atom. The molecule has 1 atom stereocenters. The molecule has 3 rings (SSSR count). The number of benzene rings is 1. The number of nitrogens with zero attached hydrogens (tertiary/aromatic N) is 1. The van der Waals surface area contributed by atoms with Crippen LogP contribution in [0.3, 0.4) is 0 Å². The summed E-state index contributed by atoms with van der Waals surface area (Å²) in [5.41, 5.74) is 0.876. The second-order valence-electron chi connectivity index (χ2n) is 4.97. The molecule has 1 aromatic carbocycles. The van der Waals surface area contributed by atoms with Crippen LogP contribution in [0.1, 0.15) is 18.9 Å². The van der Waals surface area contributed by atoms with Gasteiger partial charge in [0.05, 0.1) is 12.7 Å². The van der Waals surface area contributed by atoms with Gasteiger partial charge in [-0.25, -0.2) is 0 Å². The van der Waals surface area contributed by atoms with Crippen LogP contribution in [0.4, 0.5) is 0 Å². The van der Waals surface area contributed by atoms with E-state index >= 15 is 0 Å². The first-order valence-corrected chi connectivity index (χ1v) is 6.71. The molecular weight excluding hydrogens is 246 g/mol. The first-order valence-electron chi connectivity index (χ1n) is 6.71. The molecule has 104 valence electrons. The molecule has 19 heavy (non-hydrogen) atoms. The number of fused-ring (bicyclic) bond motifs is 1. The molecular formula is C14H19NO4. The Balaban J connectivity index is 1.72. The van der Waals surface area contributed by atoms with E-state index < -0.39 is 0 Å². The maximum atomic E-state index is 10.0. The number of hydrogen-bond acceptors (Lipinski definition) is 5. The van der Waals surface area contributed by atoms with E-state index in [1.54, 1.807) is 6.07 Å². The average molecular weight is 265 g/mol. The minimum Gasteiger partial charge on any atom is -0.507 e. The second-order valence-corrected chi connectivity index (χ2v) is 4.97. The summed E-state index contributed by atoms with van der Waals surface area (Å²) in [6, 6.07) is 3.50. The minimum absolute atomic E-state index is 0.230. The van der Waals surface area contributed by atoms with Gasteiger partial charge in [0.25, 0.3) is 0 Å². The lowest BCUT2D eigenvalue weighted by Crippen LogP contribution is -2.41. The Morgan fingerprint density at radius 2 is 2.11 bits per heavy atom. The SMILES string of the molecule is CCC1CN(Cc2cc3c(cc2O)OCO3)CCO1. The van der Waals surface area contributed by atoms with Crippen LogP contribution in [-0.2, 0) is 11.3 Å². The molecule has 1 aromatic rings. The highest BCUT2D eigenvalue weighted by Gasteiger charge is 2.22. The summed E-state index contributed by atoms with van der Waals surface area (Å²) in [4.78, 5) is 2.30. The highest BCUT2D eigenvalue weighted by molar-refractivity contribution is 5.51. The van der Waals surface area contributed by atoms with Crippen LogP contribution >= 0.6 is 0 Å². The molecule has 0 saturated carbocycles. The lowest BCUT2D eigenvalue weighted by molar-refractivity contribution is -0.0326. The lowest BCUT2D eigenvalue weighted by Gasteiger charge is -2.32. The third-order valence-corrected chi connectivity index (χ3v) is 3.65. The van der Waals surface area contributed by atoms with Crippen molar-refractivity contribution in [2.45, 2.75) is 26.0 Å². The van der Waals surface area contributed by atoms with Crippen molar-refractivity contribution >= 4 is 0 Å². The number of rotatable bonds is 3. The predicted octanol–water partition coefficient (Wildman–Crippen LogP) is 1.73. The summed E-state index contributed by atoms with van der Waals surface area (Å²) in [6.45, 7) is 5.63. The van der Waals surface area contributed by atoms with E-state index in [-0.39, 0.29) is 12.5 Å². The van der Waals surface area contributed by atoms with Gasteiger partial charge in [0.1, 0.15) is 5.75 Å². The monoisotopic (exact) mass is 265 g/mol. The number of ether oxygens (including phenoxy) is 3. The van der Waals surface area contributed by atoms with Crippen molar-refractivity contribution in [1.82, 2.24) is 4.90 Å². The lowest BCUT2D eigenvalue weighted by atomic mass is 10.1. The summed E-state index contributed by atoms with van der Waals surface area (Å²) in [5.74, 6) is 1.60. The molecule has 0 aromatic heterocycles. The van der Waals surface area contributed by atoms with Gasteiger partial charge in [-0.3, -0.25) is 4.90 Å². The number of aromatic hydroxyl groups is 1. The molecule has 0 amide bonds. The minimum atomic E-state index is 0.230. The van der Waals surface area contributed by atoms with Gasteiger partial charge in [-0.2, -0.15) is 0 Å². The Hall–Kier alpha value is -1.46. The summed E-state index contributed by atoms with van der Waals surface area (Å²) in [7, 11) is 0. The molecule has 0 radical (unpaired) electrons. The fraction of sp³-hybridized carbons (Fsp3) is 0.571. The summed E-state index contributed by atoms with van der Waals surface area (Å²) < 4.78 is 16.2. The standard InChI is InChI=1S/C14H19NO4/c1-2-11-8-15(3-4-17-11)7-10-5-13-14(6-12(10)16)19-9-18-13/h5-6,11,16H,2-4,7-9H2,1H3. The molecule has 2 aliphatic rings. The van der Waals surface area contributed by atoms with E-state index in [0.717, 1.165) is 31.7 Å². The zero-order valence-electron chi connectivity index (χ0n) is 11.1. The number of phenols is 1. The molecule has 0 spiro atoms. The smallest absolute Gasteiger partial charge is 0.231 e. The molecule has 1 saturated heterocycles. The van der Waals surface area contributed by atoms with Crippen LogP contribution < -0.4 is 9.47 Å². The molecule has 1 fully saturated rings. The molecule has 2 heterocycles. The van der Waals surface area contributed by atoms with Crippen molar-refractivity contribution in [1.29, 1.82) is 0 Å². The highest BCUT2D eigenvalue weighted by atomic mass is 16.7. The van der Waals surface area contributed by atoms with Crippen LogP contribution in [0, 0.1) is 0 Å². The van der Waals surface area contributed by atoms with Crippen LogP contribution in [0.2, 0.25) is 0 Å². The second kappa shape index (κ2) is 5.27. The van der Waals surface area contributed by atoms with E-state index in [2.05, 4.69) is 11.8 Å². The van der Waals surface area contributed by atoms with Gasteiger partial charge in [-0.15, -0.1) is 0 Å². The summed E-state index contributed by atoms with van der Waals surface area (Å²) >= 11 is 0. The van der Waals surface area contributed by atoms with Gasteiger partial charge < -0.3 is 19.3 Å². The third kappa shape index (κ3) is 2.62. The Labute approximate surface area is 112 Å². The van der Waals surface area contributed by atoms with Crippen molar-refractivity contribution in [3.05, 3.63) is 17.7 Å². The Bertz CT molecular complexity index is 463. The maximum Gasteiger partial charge on any atom is 0.231 e. The quantitative estimate of drug-likeness (QED) is 0.902. The van der Waals surface area contributed by atoms with Crippen LogP contribution in [0.15, 0.2) is 12.1 Å². The zero-order chi connectivity index (χ0) is 13.2. The normalized spacial score (nSPS) is 22.7. The van der Waals surface area contributed by atoms with Gasteiger partial charge >= 0.3 is 0 Å². The van der Waals surface area contributed by atoms with Crippen molar-refractivity contribution in [2.24, 2.45) is 0 Å². The van der Waals surface area contributed by atoms with Crippen LogP contribution in [0.25, 0.3) is 0 Å². The molecule has 1 N–H and O–H groups in total. The number of phenolic OH excluding ortho intramolecular Hbond substituents is 1.